The number of hydrogen-bond donors (Lipinski definition) is 2. The lowest BCUT2D eigenvalue weighted by molar-refractivity contribution is 0.395. The van der Waals surface area contributed by atoms with Crippen molar-refractivity contribution in [3.8, 4) is 11.5 Å². The van der Waals surface area contributed by atoms with Crippen LogP contribution in [-0.4, -0.2) is 32.6 Å². The molecular weight excluding hydrogens is 435 g/mol. The van der Waals surface area contributed by atoms with Crippen molar-refractivity contribution in [2.45, 2.75) is 4.90 Å². The lowest BCUT2D eigenvalue weighted by Crippen LogP contribution is -2.16. The number of rotatable bonds is 7. The number of aromatic nitrogens is 2. The third-order valence-electron chi connectivity index (χ3n) is 4.59. The number of nitrogens with one attached hydrogen (secondary N) is 2. The smallest absolute Gasteiger partial charge is 0.263 e. The van der Waals surface area contributed by atoms with E-state index < -0.39 is 15.8 Å². The van der Waals surface area contributed by atoms with Crippen molar-refractivity contribution in [1.29, 1.82) is 0 Å². The molecule has 0 atom stereocenters. The van der Waals surface area contributed by atoms with Crippen molar-refractivity contribution in [3.05, 3.63) is 72.5 Å². The molecule has 4 rings (SSSR count). The summed E-state index contributed by atoms with van der Waals surface area (Å²) in [5, 5.41) is 3.08. The average molecular weight is 454 g/mol. The molecule has 3 aromatic carbocycles. The summed E-state index contributed by atoms with van der Waals surface area (Å²) in [6, 6.07) is 16.7. The van der Waals surface area contributed by atoms with Gasteiger partial charge in [0.2, 0.25) is 0 Å². The Labute approximate surface area is 184 Å². The summed E-state index contributed by atoms with van der Waals surface area (Å²) in [5.41, 5.74) is 1.59. The molecule has 0 aliphatic carbocycles. The van der Waals surface area contributed by atoms with E-state index >= 15 is 0 Å². The van der Waals surface area contributed by atoms with Gasteiger partial charge in [0, 0.05) is 6.07 Å². The maximum Gasteiger partial charge on any atom is 0.263 e. The molecule has 2 N–H and O–H groups in total. The van der Waals surface area contributed by atoms with E-state index in [0.717, 1.165) is 12.1 Å². The van der Waals surface area contributed by atoms with Gasteiger partial charge in [-0.1, -0.05) is 12.1 Å². The van der Waals surface area contributed by atoms with Gasteiger partial charge in [-0.3, -0.25) is 4.72 Å². The Morgan fingerprint density at radius 1 is 0.844 bits per heavy atom. The Morgan fingerprint density at radius 3 is 2.12 bits per heavy atom. The van der Waals surface area contributed by atoms with Gasteiger partial charge in [-0.15, -0.1) is 0 Å². The number of halogens is 1. The maximum atomic E-state index is 13.2. The van der Waals surface area contributed by atoms with E-state index in [2.05, 4.69) is 20.0 Å². The normalized spacial score (nSPS) is 11.2. The van der Waals surface area contributed by atoms with Crippen molar-refractivity contribution in [2.75, 3.05) is 24.3 Å². The molecule has 4 aromatic rings. The van der Waals surface area contributed by atoms with Crippen LogP contribution in [0.1, 0.15) is 0 Å². The molecule has 0 saturated carbocycles. The van der Waals surface area contributed by atoms with Crippen LogP contribution in [0.15, 0.2) is 71.6 Å². The summed E-state index contributed by atoms with van der Waals surface area (Å²) in [7, 11) is -1.01. The minimum absolute atomic E-state index is 0.0223. The van der Waals surface area contributed by atoms with Crippen LogP contribution >= 0.6 is 0 Å². The monoisotopic (exact) mass is 454 g/mol. The molecule has 0 radical (unpaired) electrons. The van der Waals surface area contributed by atoms with E-state index in [9.17, 15) is 12.8 Å². The van der Waals surface area contributed by atoms with Gasteiger partial charge >= 0.3 is 0 Å². The molecule has 0 aliphatic rings. The maximum absolute atomic E-state index is 13.2. The fraction of sp³-hybridized carbons (Fsp3) is 0.0909. The van der Waals surface area contributed by atoms with Crippen molar-refractivity contribution < 1.29 is 22.3 Å². The lowest BCUT2D eigenvalue weighted by Gasteiger charge is -2.16. The van der Waals surface area contributed by atoms with E-state index in [0.29, 0.717) is 28.2 Å². The van der Waals surface area contributed by atoms with Crippen molar-refractivity contribution in [1.82, 2.24) is 9.97 Å². The molecule has 0 aliphatic heterocycles. The van der Waals surface area contributed by atoms with Gasteiger partial charge in [-0.25, -0.2) is 22.8 Å². The van der Waals surface area contributed by atoms with Gasteiger partial charge in [-0.05, 0) is 48.5 Å². The van der Waals surface area contributed by atoms with Crippen LogP contribution in [0.2, 0.25) is 0 Å². The van der Waals surface area contributed by atoms with Crippen LogP contribution < -0.4 is 19.5 Å². The molecule has 8 nitrogen and oxygen atoms in total. The second-order valence-corrected chi connectivity index (χ2v) is 8.34. The second-order valence-electron chi connectivity index (χ2n) is 6.66. The van der Waals surface area contributed by atoms with Crippen LogP contribution in [0.5, 0.6) is 11.5 Å². The number of fused-ring (bicyclic) bond motifs is 1. The highest BCUT2D eigenvalue weighted by Gasteiger charge is 2.20. The van der Waals surface area contributed by atoms with Crippen LogP contribution in [-0.2, 0) is 10.0 Å². The Balaban J connectivity index is 1.78. The Morgan fingerprint density at radius 2 is 1.50 bits per heavy atom. The van der Waals surface area contributed by atoms with E-state index in [1.54, 1.807) is 49.6 Å². The highest BCUT2D eigenvalue weighted by atomic mass is 32.2. The van der Waals surface area contributed by atoms with Gasteiger partial charge in [0.15, 0.2) is 11.6 Å². The molecule has 32 heavy (non-hydrogen) atoms. The number of para-hydroxylation sites is 2. The zero-order chi connectivity index (χ0) is 22.7. The number of anilines is 3. The molecule has 0 amide bonds. The van der Waals surface area contributed by atoms with Crippen molar-refractivity contribution in [3.63, 3.8) is 0 Å². The Bertz CT molecular complexity index is 1380. The summed E-state index contributed by atoms with van der Waals surface area (Å²) in [6.07, 6.45) is 0. The van der Waals surface area contributed by atoms with Gasteiger partial charge in [0.1, 0.15) is 17.3 Å². The molecule has 164 valence electrons. The Hall–Kier alpha value is -3.92. The molecule has 0 fully saturated rings. The largest absolute Gasteiger partial charge is 0.497 e. The summed E-state index contributed by atoms with van der Waals surface area (Å²) >= 11 is 0. The van der Waals surface area contributed by atoms with Crippen LogP contribution in [0.25, 0.3) is 11.0 Å². The number of benzene rings is 3. The third-order valence-corrected chi connectivity index (χ3v) is 5.94. The van der Waals surface area contributed by atoms with Crippen LogP contribution in [0, 0.1) is 5.82 Å². The summed E-state index contributed by atoms with van der Waals surface area (Å²) in [4.78, 5) is 8.86. The minimum atomic E-state index is -4.05. The second kappa shape index (κ2) is 8.67. The van der Waals surface area contributed by atoms with Crippen molar-refractivity contribution >= 4 is 38.4 Å². The Kier molecular flexibility index (Phi) is 5.78. The topological polar surface area (TPSA) is 102 Å². The third kappa shape index (κ3) is 4.40. The van der Waals surface area contributed by atoms with Gasteiger partial charge in [-0.2, -0.15) is 0 Å². The first kappa shape index (κ1) is 21.3. The minimum Gasteiger partial charge on any atom is -0.497 e. The van der Waals surface area contributed by atoms with E-state index in [-0.39, 0.29) is 16.5 Å². The van der Waals surface area contributed by atoms with E-state index in [1.165, 1.54) is 19.2 Å². The highest BCUT2D eigenvalue weighted by molar-refractivity contribution is 7.92. The standard InChI is InChI=1S/C22H19FN4O4S/c1-30-15-9-12-19(20(13-15)31-2)26-21-22(25-18-6-4-3-5-17(18)24-21)27-32(28,29)16-10-7-14(23)8-11-16/h3-13H,1-2H3,(H,24,26)(H,25,27). The summed E-state index contributed by atoms with van der Waals surface area (Å²) in [6.45, 7) is 0. The predicted molar refractivity (Wildman–Crippen MR) is 120 cm³/mol. The SMILES string of the molecule is COc1ccc(Nc2nc3ccccc3nc2NS(=O)(=O)c2ccc(F)cc2)c(OC)c1. The zero-order valence-electron chi connectivity index (χ0n) is 17.2. The fourth-order valence-electron chi connectivity index (χ4n) is 2.99. The molecule has 0 unspecified atom stereocenters. The first-order valence-electron chi connectivity index (χ1n) is 9.44. The van der Waals surface area contributed by atoms with Gasteiger partial charge < -0.3 is 14.8 Å². The molecule has 0 saturated heterocycles. The summed E-state index contributed by atoms with van der Waals surface area (Å²) < 4.78 is 52.1. The first-order chi connectivity index (χ1) is 15.4. The number of hydrogen-bond acceptors (Lipinski definition) is 7. The van der Waals surface area contributed by atoms with Gasteiger partial charge in [0.25, 0.3) is 10.0 Å². The molecule has 0 spiro atoms. The van der Waals surface area contributed by atoms with Crippen LogP contribution in [0.3, 0.4) is 0 Å². The number of methoxy groups -OCH3 is 2. The molecule has 1 aromatic heterocycles. The molecule has 10 heteroatoms. The number of ether oxygens (including phenoxy) is 2. The van der Waals surface area contributed by atoms with E-state index in [4.69, 9.17) is 9.47 Å². The number of sulfonamides is 1. The van der Waals surface area contributed by atoms with Crippen molar-refractivity contribution in [2.24, 2.45) is 0 Å². The van der Waals surface area contributed by atoms with Crippen LogP contribution in [0.4, 0.5) is 21.7 Å². The zero-order valence-corrected chi connectivity index (χ0v) is 18.0. The quantitative estimate of drug-likeness (QED) is 0.428. The van der Waals surface area contributed by atoms with E-state index in [1.807, 2.05) is 0 Å². The number of nitrogens with zero attached hydrogens (tertiary/aromatic N) is 2. The lowest BCUT2D eigenvalue weighted by atomic mass is 10.2. The predicted octanol–water partition coefficient (Wildman–Crippen LogP) is 4.33. The molecule has 1 heterocycles. The first-order valence-corrected chi connectivity index (χ1v) is 10.9. The molecule has 0 bridgehead atoms. The van der Waals surface area contributed by atoms with Gasteiger partial charge in [0.05, 0.1) is 35.8 Å². The molecular formula is C22H19FN4O4S. The fourth-order valence-corrected chi connectivity index (χ4v) is 4.00. The highest BCUT2D eigenvalue weighted by Crippen LogP contribution is 2.34. The average Bonchev–Trinajstić information content (AvgIpc) is 2.79. The summed E-state index contributed by atoms with van der Waals surface area (Å²) in [5.74, 6) is 0.660.